The largest absolute Gasteiger partial charge is 0.464 e. The van der Waals surface area contributed by atoms with Gasteiger partial charge in [0.15, 0.2) is 0 Å². The fourth-order valence-corrected chi connectivity index (χ4v) is 1.66. The Labute approximate surface area is 88.4 Å². The average Bonchev–Trinajstić information content (AvgIpc) is 2.45. The maximum Gasteiger partial charge on any atom is 0.417 e. The van der Waals surface area contributed by atoms with Crippen LogP contribution in [0.1, 0.15) is 11.1 Å². The molecule has 1 aromatic heterocycles. The van der Waals surface area contributed by atoms with Crippen molar-refractivity contribution in [2.24, 2.45) is 0 Å². The lowest BCUT2D eigenvalue weighted by Gasteiger charge is -2.08. The van der Waals surface area contributed by atoms with E-state index in [-0.39, 0.29) is 10.6 Å². The molecule has 0 saturated heterocycles. The molecule has 0 unspecified atom stereocenters. The second kappa shape index (κ2) is 3.17. The monoisotopic (exact) mass is 234 g/mol. The van der Waals surface area contributed by atoms with Crippen LogP contribution in [0.15, 0.2) is 22.8 Å². The molecule has 5 heteroatoms. The van der Waals surface area contributed by atoms with Gasteiger partial charge in [-0.15, -0.1) is 0 Å². The molecule has 1 heterocycles. The van der Waals surface area contributed by atoms with Gasteiger partial charge < -0.3 is 4.42 Å². The molecular weight excluding hydrogens is 229 g/mol. The lowest BCUT2D eigenvalue weighted by molar-refractivity contribution is -0.137. The van der Waals surface area contributed by atoms with Gasteiger partial charge in [0.2, 0.25) is 0 Å². The molecule has 0 bridgehead atoms. The predicted octanol–water partition coefficient (Wildman–Crippen LogP) is 4.41. The highest BCUT2D eigenvalue weighted by molar-refractivity contribution is 6.32. The van der Waals surface area contributed by atoms with Crippen molar-refractivity contribution < 1.29 is 17.6 Å². The van der Waals surface area contributed by atoms with E-state index >= 15 is 0 Å². The molecule has 1 nitrogen and oxygen atoms in total. The van der Waals surface area contributed by atoms with Crippen molar-refractivity contribution >= 4 is 22.6 Å². The highest BCUT2D eigenvalue weighted by Crippen LogP contribution is 2.37. The summed E-state index contributed by atoms with van der Waals surface area (Å²) in [6.07, 6.45) is -3.05. The molecule has 0 amide bonds. The summed E-state index contributed by atoms with van der Waals surface area (Å²) in [5.74, 6) is 0. The summed E-state index contributed by atoms with van der Waals surface area (Å²) >= 11 is 5.56. The zero-order valence-electron chi connectivity index (χ0n) is 7.65. The average molecular weight is 235 g/mol. The summed E-state index contributed by atoms with van der Waals surface area (Å²) in [5, 5.41) is 0.299. The summed E-state index contributed by atoms with van der Waals surface area (Å²) in [6.45, 7) is 1.75. The lowest BCUT2D eigenvalue weighted by Crippen LogP contribution is -2.05. The SMILES string of the molecule is Cc1coc2cc(C(F)(F)F)c(Cl)cc12. The zero-order chi connectivity index (χ0) is 11.2. The Morgan fingerprint density at radius 3 is 2.53 bits per heavy atom. The first-order valence-electron chi connectivity index (χ1n) is 4.14. The van der Waals surface area contributed by atoms with Gasteiger partial charge in [-0.05, 0) is 24.6 Å². The summed E-state index contributed by atoms with van der Waals surface area (Å²) in [4.78, 5) is 0. The molecule has 0 aliphatic rings. The molecule has 0 fully saturated rings. The minimum absolute atomic E-state index is 0.198. The Bertz CT molecular complexity index is 513. The van der Waals surface area contributed by atoms with Crippen LogP contribution in [-0.4, -0.2) is 0 Å². The Hall–Kier alpha value is -1.16. The normalized spacial score (nSPS) is 12.3. The summed E-state index contributed by atoms with van der Waals surface area (Å²) < 4.78 is 42.4. The highest BCUT2D eigenvalue weighted by Gasteiger charge is 2.33. The fourth-order valence-electron chi connectivity index (χ4n) is 1.39. The van der Waals surface area contributed by atoms with Crippen molar-refractivity contribution in [1.29, 1.82) is 0 Å². The van der Waals surface area contributed by atoms with E-state index in [1.807, 2.05) is 0 Å². The topological polar surface area (TPSA) is 13.1 Å². The molecule has 2 rings (SSSR count). The van der Waals surface area contributed by atoms with Crippen molar-refractivity contribution in [1.82, 2.24) is 0 Å². The second-order valence-corrected chi connectivity index (χ2v) is 3.65. The Kier molecular flexibility index (Phi) is 2.19. The number of aryl methyl sites for hydroxylation is 1. The van der Waals surface area contributed by atoms with Crippen LogP contribution >= 0.6 is 11.6 Å². The number of halogens is 4. The van der Waals surface area contributed by atoms with Gasteiger partial charge in [-0.3, -0.25) is 0 Å². The van der Waals surface area contributed by atoms with Gasteiger partial charge in [0.1, 0.15) is 5.58 Å². The number of rotatable bonds is 0. The molecule has 0 atom stereocenters. The molecular formula is C10H6ClF3O. The minimum Gasteiger partial charge on any atom is -0.464 e. The number of alkyl halides is 3. The van der Waals surface area contributed by atoms with E-state index < -0.39 is 11.7 Å². The summed E-state index contributed by atoms with van der Waals surface area (Å²) in [7, 11) is 0. The molecule has 0 radical (unpaired) electrons. The van der Waals surface area contributed by atoms with Crippen LogP contribution in [0.5, 0.6) is 0 Å². The number of hydrogen-bond acceptors (Lipinski definition) is 1. The first-order chi connectivity index (χ1) is 6.89. The fraction of sp³-hybridized carbons (Fsp3) is 0.200. The van der Waals surface area contributed by atoms with E-state index in [0.717, 1.165) is 11.6 Å². The van der Waals surface area contributed by atoms with Gasteiger partial charge in [0, 0.05) is 5.39 Å². The zero-order valence-corrected chi connectivity index (χ0v) is 8.41. The van der Waals surface area contributed by atoms with Crippen LogP contribution in [0.3, 0.4) is 0 Å². The molecule has 1 aromatic carbocycles. The molecule has 80 valence electrons. The minimum atomic E-state index is -4.45. The number of benzene rings is 1. The molecule has 0 aliphatic heterocycles. The van der Waals surface area contributed by atoms with E-state index in [1.54, 1.807) is 6.92 Å². The van der Waals surface area contributed by atoms with E-state index in [9.17, 15) is 13.2 Å². The first kappa shape index (κ1) is 10.4. The maximum atomic E-state index is 12.5. The third kappa shape index (κ3) is 1.69. The van der Waals surface area contributed by atoms with E-state index in [4.69, 9.17) is 16.0 Å². The first-order valence-corrected chi connectivity index (χ1v) is 4.52. The Morgan fingerprint density at radius 1 is 1.27 bits per heavy atom. The predicted molar refractivity (Wildman–Crippen MR) is 51.0 cm³/mol. The van der Waals surface area contributed by atoms with Crippen molar-refractivity contribution in [3.8, 4) is 0 Å². The Morgan fingerprint density at radius 2 is 1.93 bits per heavy atom. The van der Waals surface area contributed by atoms with Crippen LogP contribution in [0.4, 0.5) is 13.2 Å². The molecule has 15 heavy (non-hydrogen) atoms. The number of hydrogen-bond donors (Lipinski definition) is 0. The molecule has 2 aromatic rings. The molecule has 0 spiro atoms. The van der Waals surface area contributed by atoms with Crippen molar-refractivity contribution in [2.75, 3.05) is 0 Å². The third-order valence-corrected chi connectivity index (χ3v) is 2.47. The van der Waals surface area contributed by atoms with Gasteiger partial charge in [-0.1, -0.05) is 11.6 Å². The smallest absolute Gasteiger partial charge is 0.417 e. The van der Waals surface area contributed by atoms with Crippen molar-refractivity contribution in [3.63, 3.8) is 0 Å². The molecule has 0 aliphatic carbocycles. The van der Waals surface area contributed by atoms with Crippen LogP contribution < -0.4 is 0 Å². The summed E-state index contributed by atoms with van der Waals surface area (Å²) in [6, 6.07) is 2.20. The van der Waals surface area contributed by atoms with Crippen LogP contribution in [0.2, 0.25) is 5.02 Å². The maximum absolute atomic E-state index is 12.5. The van der Waals surface area contributed by atoms with Gasteiger partial charge in [-0.2, -0.15) is 13.2 Å². The number of furan rings is 1. The van der Waals surface area contributed by atoms with Crippen LogP contribution in [0.25, 0.3) is 11.0 Å². The standard InChI is InChI=1S/C10H6ClF3O/c1-5-4-15-9-3-7(10(12,13)14)8(11)2-6(5)9/h2-4H,1H3. The molecule has 0 saturated carbocycles. The van der Waals surface area contributed by atoms with E-state index in [2.05, 4.69) is 0 Å². The van der Waals surface area contributed by atoms with Crippen LogP contribution in [0, 0.1) is 6.92 Å². The van der Waals surface area contributed by atoms with E-state index in [1.165, 1.54) is 12.3 Å². The van der Waals surface area contributed by atoms with Gasteiger partial charge >= 0.3 is 6.18 Å². The highest BCUT2D eigenvalue weighted by atomic mass is 35.5. The third-order valence-electron chi connectivity index (χ3n) is 2.16. The van der Waals surface area contributed by atoms with Crippen molar-refractivity contribution in [3.05, 3.63) is 34.5 Å². The van der Waals surface area contributed by atoms with Gasteiger partial charge in [-0.25, -0.2) is 0 Å². The second-order valence-electron chi connectivity index (χ2n) is 3.24. The van der Waals surface area contributed by atoms with E-state index in [0.29, 0.717) is 5.39 Å². The van der Waals surface area contributed by atoms with Crippen molar-refractivity contribution in [2.45, 2.75) is 13.1 Å². The van der Waals surface area contributed by atoms with Crippen LogP contribution in [-0.2, 0) is 6.18 Å². The lowest BCUT2D eigenvalue weighted by atomic mass is 10.1. The molecule has 0 N–H and O–H groups in total. The quantitative estimate of drug-likeness (QED) is 0.658. The Balaban J connectivity index is 2.74. The number of fused-ring (bicyclic) bond motifs is 1. The van der Waals surface area contributed by atoms with Gasteiger partial charge in [0.25, 0.3) is 0 Å². The summed E-state index contributed by atoms with van der Waals surface area (Å²) in [5.41, 5.74) is 0.0934. The van der Waals surface area contributed by atoms with Gasteiger partial charge in [0.05, 0.1) is 16.8 Å².